The molecule has 8 rings (SSSR count). The number of anilines is 2. The average Bonchev–Trinajstić information content (AvgIpc) is 3.18. The first-order valence-electron chi connectivity index (χ1n) is 17.4. The number of amides is 2. The van der Waals surface area contributed by atoms with Crippen LogP contribution >= 0.6 is 31.9 Å². The first kappa shape index (κ1) is 35.1. The molecule has 0 aliphatic carbocycles. The Kier molecular flexibility index (Phi) is 9.63. The lowest BCUT2D eigenvalue weighted by Gasteiger charge is -2.15. The number of nitrogens with zero attached hydrogens (tertiary/aromatic N) is 2. The number of hydrogen-bond donors (Lipinski definition) is 2. The second kappa shape index (κ2) is 14.8. The largest absolute Gasteiger partial charge is 0.322 e. The van der Waals surface area contributed by atoms with Crippen LogP contribution in [0.5, 0.6) is 0 Å². The molecule has 0 atom stereocenters. The molecule has 0 bridgehead atoms. The summed E-state index contributed by atoms with van der Waals surface area (Å²) in [5.74, 6) is -0.412. The standard InChI is InChI=1S/C46H32Br2N4O2/c1-27-21-29(17-19-39(27)51-45(53)37-25-43(31-9-7-11-33(47)23-31)49-41-15-5-3-13-35(37)41)30-18-20-40(28(2)22-30)52-46(54)38-26-44(32-10-8-12-34(48)24-32)50-42-16-6-4-14-36(38)42/h3-26H,1-2H3,(H,51,53)(H,52,54). The molecular formula is C46H32Br2N4O2. The Morgan fingerprint density at radius 3 is 1.30 bits per heavy atom. The molecule has 0 saturated heterocycles. The Balaban J connectivity index is 1.03. The number of halogens is 2. The highest BCUT2D eigenvalue weighted by molar-refractivity contribution is 9.10. The number of aromatic nitrogens is 2. The van der Waals surface area contributed by atoms with Crippen LogP contribution in [0.25, 0.3) is 55.4 Å². The van der Waals surface area contributed by atoms with E-state index in [0.717, 1.165) is 86.9 Å². The lowest BCUT2D eigenvalue weighted by atomic mass is 9.99. The van der Waals surface area contributed by atoms with Crippen LogP contribution in [0.4, 0.5) is 11.4 Å². The number of pyridine rings is 2. The summed E-state index contributed by atoms with van der Waals surface area (Å²) in [5.41, 5.74) is 11.2. The summed E-state index contributed by atoms with van der Waals surface area (Å²) in [6, 6.07) is 46.9. The Hall–Kier alpha value is -5.96. The maximum atomic E-state index is 13.8. The summed E-state index contributed by atoms with van der Waals surface area (Å²) in [6.07, 6.45) is 0. The summed E-state index contributed by atoms with van der Waals surface area (Å²) in [6.45, 7) is 3.97. The highest BCUT2D eigenvalue weighted by Gasteiger charge is 2.18. The predicted octanol–water partition coefficient (Wildman–Crippen LogP) is 12.4. The number of hydrogen-bond acceptors (Lipinski definition) is 4. The predicted molar refractivity (Wildman–Crippen MR) is 227 cm³/mol. The van der Waals surface area contributed by atoms with Gasteiger partial charge in [0.2, 0.25) is 0 Å². The molecule has 0 spiro atoms. The third-order valence-corrected chi connectivity index (χ3v) is 10.4. The van der Waals surface area contributed by atoms with Crippen molar-refractivity contribution < 1.29 is 9.59 Å². The van der Waals surface area contributed by atoms with Crippen LogP contribution in [0.2, 0.25) is 0 Å². The minimum Gasteiger partial charge on any atom is -0.322 e. The molecule has 0 saturated carbocycles. The van der Waals surface area contributed by atoms with E-state index >= 15 is 0 Å². The van der Waals surface area contributed by atoms with Crippen molar-refractivity contribution in [2.24, 2.45) is 0 Å². The van der Waals surface area contributed by atoms with Gasteiger partial charge in [0.15, 0.2) is 0 Å². The number of nitrogens with one attached hydrogen (secondary N) is 2. The molecule has 262 valence electrons. The third-order valence-electron chi connectivity index (χ3n) is 9.44. The van der Waals surface area contributed by atoms with E-state index in [1.807, 2.05) is 147 Å². The normalized spacial score (nSPS) is 11.1. The second-order valence-electron chi connectivity index (χ2n) is 13.1. The molecule has 6 nitrogen and oxygen atoms in total. The minimum atomic E-state index is -0.206. The molecule has 2 heterocycles. The van der Waals surface area contributed by atoms with Crippen LogP contribution in [0.15, 0.2) is 155 Å². The molecule has 0 aliphatic rings. The van der Waals surface area contributed by atoms with E-state index in [4.69, 9.17) is 9.97 Å². The first-order valence-corrected chi connectivity index (χ1v) is 18.9. The molecule has 2 amide bonds. The van der Waals surface area contributed by atoms with E-state index < -0.39 is 0 Å². The van der Waals surface area contributed by atoms with E-state index in [1.165, 1.54) is 0 Å². The van der Waals surface area contributed by atoms with Gasteiger partial charge in [-0.15, -0.1) is 0 Å². The van der Waals surface area contributed by atoms with E-state index in [-0.39, 0.29) is 11.8 Å². The monoisotopic (exact) mass is 830 g/mol. The maximum absolute atomic E-state index is 13.8. The number of benzene rings is 6. The van der Waals surface area contributed by atoms with Crippen LogP contribution in [0, 0.1) is 13.8 Å². The third kappa shape index (κ3) is 7.18. The minimum absolute atomic E-state index is 0.206. The number of carbonyl (C=O) groups is 2. The zero-order chi connectivity index (χ0) is 37.3. The average molecular weight is 833 g/mol. The van der Waals surface area contributed by atoms with Gasteiger partial charge in [-0.3, -0.25) is 9.59 Å². The first-order chi connectivity index (χ1) is 26.2. The second-order valence-corrected chi connectivity index (χ2v) is 15.0. The lowest BCUT2D eigenvalue weighted by molar-refractivity contribution is 0.102. The highest BCUT2D eigenvalue weighted by Crippen LogP contribution is 2.32. The zero-order valence-electron chi connectivity index (χ0n) is 29.3. The number of aryl methyl sites for hydroxylation is 2. The van der Waals surface area contributed by atoms with Gasteiger partial charge in [-0.1, -0.05) is 105 Å². The summed E-state index contributed by atoms with van der Waals surface area (Å²) < 4.78 is 1.88. The fourth-order valence-electron chi connectivity index (χ4n) is 6.66. The molecule has 0 fully saturated rings. The number of rotatable bonds is 7. The van der Waals surface area contributed by atoms with Gasteiger partial charge in [-0.25, -0.2) is 9.97 Å². The topological polar surface area (TPSA) is 84.0 Å². The van der Waals surface area contributed by atoms with Crippen LogP contribution in [0.1, 0.15) is 31.8 Å². The van der Waals surface area contributed by atoms with Crippen molar-refractivity contribution in [2.45, 2.75) is 13.8 Å². The molecule has 0 aliphatic heterocycles. The molecule has 0 radical (unpaired) electrons. The molecule has 0 unspecified atom stereocenters. The Morgan fingerprint density at radius 2 is 0.889 bits per heavy atom. The van der Waals surface area contributed by atoms with Gasteiger partial charge in [0.05, 0.1) is 33.5 Å². The van der Waals surface area contributed by atoms with E-state index in [2.05, 4.69) is 54.6 Å². The van der Waals surface area contributed by atoms with Crippen molar-refractivity contribution in [3.63, 3.8) is 0 Å². The van der Waals surface area contributed by atoms with Gasteiger partial charge < -0.3 is 10.6 Å². The van der Waals surface area contributed by atoms with E-state index in [0.29, 0.717) is 11.1 Å². The summed E-state index contributed by atoms with van der Waals surface area (Å²) >= 11 is 7.10. The number of fused-ring (bicyclic) bond motifs is 2. The molecule has 54 heavy (non-hydrogen) atoms. The van der Waals surface area contributed by atoms with Crippen molar-refractivity contribution in [2.75, 3.05) is 10.6 Å². The van der Waals surface area contributed by atoms with Crippen LogP contribution < -0.4 is 10.6 Å². The molecule has 6 aromatic carbocycles. The van der Waals surface area contributed by atoms with E-state index in [1.54, 1.807) is 0 Å². The van der Waals surface area contributed by atoms with Gasteiger partial charge in [0, 0.05) is 42.2 Å². The molecule has 2 N–H and O–H groups in total. The zero-order valence-corrected chi connectivity index (χ0v) is 32.5. The van der Waals surface area contributed by atoms with Crippen LogP contribution in [-0.2, 0) is 0 Å². The van der Waals surface area contributed by atoms with Crippen molar-refractivity contribution in [3.05, 3.63) is 177 Å². The highest BCUT2D eigenvalue weighted by atomic mass is 79.9. The van der Waals surface area contributed by atoms with Gasteiger partial charge >= 0.3 is 0 Å². The van der Waals surface area contributed by atoms with E-state index in [9.17, 15) is 9.59 Å². The maximum Gasteiger partial charge on any atom is 0.256 e. The Bertz CT molecular complexity index is 2590. The molecular weight excluding hydrogens is 800 g/mol. The smallest absolute Gasteiger partial charge is 0.256 e. The summed E-state index contributed by atoms with van der Waals surface area (Å²) in [4.78, 5) is 37.4. The fraction of sp³-hybridized carbons (Fsp3) is 0.0435. The fourth-order valence-corrected chi connectivity index (χ4v) is 7.46. The summed E-state index contributed by atoms with van der Waals surface area (Å²) in [7, 11) is 0. The van der Waals surface area contributed by atoms with Gasteiger partial charge in [0.1, 0.15) is 0 Å². The number of carbonyl (C=O) groups excluding carboxylic acids is 2. The molecule has 8 aromatic rings. The van der Waals surface area contributed by atoms with Gasteiger partial charge in [0.25, 0.3) is 11.8 Å². The lowest BCUT2D eigenvalue weighted by Crippen LogP contribution is -2.14. The van der Waals surface area contributed by atoms with Gasteiger partial charge in [-0.2, -0.15) is 0 Å². The SMILES string of the molecule is Cc1cc(-c2ccc(NC(=O)c3cc(-c4cccc(Br)c4)nc4ccccc34)c(C)c2)ccc1NC(=O)c1cc(-c2cccc(Br)c2)nc2ccccc12. The number of para-hydroxylation sites is 2. The van der Waals surface area contributed by atoms with Crippen molar-refractivity contribution in [1.82, 2.24) is 9.97 Å². The molecule has 8 heteroatoms. The van der Waals surface area contributed by atoms with Crippen molar-refractivity contribution in [1.29, 1.82) is 0 Å². The quantitative estimate of drug-likeness (QED) is 0.168. The molecule has 2 aromatic heterocycles. The van der Waals surface area contributed by atoms with Crippen LogP contribution in [0.3, 0.4) is 0 Å². The van der Waals surface area contributed by atoms with Crippen molar-refractivity contribution in [3.8, 4) is 33.6 Å². The summed E-state index contributed by atoms with van der Waals surface area (Å²) in [5, 5.41) is 7.86. The van der Waals surface area contributed by atoms with Crippen LogP contribution in [-0.4, -0.2) is 21.8 Å². The van der Waals surface area contributed by atoms with Crippen molar-refractivity contribution >= 4 is 76.9 Å². The Labute approximate surface area is 329 Å². The van der Waals surface area contributed by atoms with Gasteiger partial charge in [-0.05, 0) is 109 Å². The Morgan fingerprint density at radius 1 is 0.463 bits per heavy atom.